The van der Waals surface area contributed by atoms with Crippen molar-refractivity contribution in [3.63, 3.8) is 0 Å². The van der Waals surface area contributed by atoms with Gasteiger partial charge in [0.25, 0.3) is 0 Å². The number of carbonyl (C=O) groups is 1. The van der Waals surface area contributed by atoms with Crippen LogP contribution in [-0.4, -0.2) is 48.9 Å². The zero-order valence-electron chi connectivity index (χ0n) is 17.2. The van der Waals surface area contributed by atoms with Gasteiger partial charge in [0, 0.05) is 32.4 Å². The van der Waals surface area contributed by atoms with E-state index in [2.05, 4.69) is 25.9 Å². The van der Waals surface area contributed by atoms with E-state index in [0.717, 1.165) is 5.56 Å². The number of ether oxygens (including phenoxy) is 2. The van der Waals surface area contributed by atoms with E-state index < -0.39 is 17.2 Å². The number of nitrogens with zero attached hydrogens (tertiary/aromatic N) is 2. The van der Waals surface area contributed by atoms with Gasteiger partial charge in [0.05, 0.1) is 12.6 Å². The minimum absolute atomic E-state index is 0. The fourth-order valence-electron chi connectivity index (χ4n) is 2.01. The van der Waals surface area contributed by atoms with Crippen molar-refractivity contribution in [3.8, 4) is 5.88 Å². The summed E-state index contributed by atoms with van der Waals surface area (Å²) in [5.41, 5.74) is -0.0256. The van der Waals surface area contributed by atoms with Crippen LogP contribution >= 0.6 is 24.0 Å². The molecule has 0 spiro atoms. The maximum atomic E-state index is 11.9. The molecule has 0 saturated heterocycles. The summed E-state index contributed by atoms with van der Waals surface area (Å²) in [7, 11) is 3.27. The lowest BCUT2D eigenvalue weighted by Crippen LogP contribution is -2.54. The number of alkyl carbamates (subject to hydrolysis) is 1. The van der Waals surface area contributed by atoms with Gasteiger partial charge in [-0.2, -0.15) is 0 Å². The van der Waals surface area contributed by atoms with Crippen molar-refractivity contribution >= 4 is 36.0 Å². The van der Waals surface area contributed by atoms with Gasteiger partial charge < -0.3 is 25.4 Å². The van der Waals surface area contributed by atoms with Gasteiger partial charge in [-0.25, -0.2) is 9.78 Å². The molecule has 9 heteroatoms. The Hall–Kier alpha value is -1.78. The van der Waals surface area contributed by atoms with Gasteiger partial charge in [0.2, 0.25) is 5.88 Å². The lowest BCUT2D eigenvalue weighted by atomic mass is 10.1. The Morgan fingerprint density at radius 2 is 1.89 bits per heavy atom. The lowest BCUT2D eigenvalue weighted by molar-refractivity contribution is 0.0474. The Balaban J connectivity index is 0.00000676. The van der Waals surface area contributed by atoms with Gasteiger partial charge in [-0.15, -0.1) is 24.0 Å². The third kappa shape index (κ3) is 10.8. The van der Waals surface area contributed by atoms with Crippen LogP contribution in [0.25, 0.3) is 0 Å². The van der Waals surface area contributed by atoms with E-state index in [1.54, 1.807) is 20.4 Å². The van der Waals surface area contributed by atoms with Crippen LogP contribution in [0.3, 0.4) is 0 Å². The average molecular weight is 493 g/mol. The molecular formula is C18H32IN5O3. The van der Waals surface area contributed by atoms with Crippen molar-refractivity contribution in [2.45, 2.75) is 52.3 Å². The number of hydrogen-bond acceptors (Lipinski definition) is 5. The first-order valence-electron chi connectivity index (χ1n) is 8.49. The van der Waals surface area contributed by atoms with E-state index in [1.807, 2.05) is 46.8 Å². The number of rotatable bonds is 6. The third-order valence-electron chi connectivity index (χ3n) is 3.23. The van der Waals surface area contributed by atoms with Crippen molar-refractivity contribution in [1.29, 1.82) is 0 Å². The molecule has 1 heterocycles. The first kappa shape index (κ1) is 25.2. The van der Waals surface area contributed by atoms with E-state index >= 15 is 0 Å². The standard InChI is InChI=1S/C18H31N5O3.HI/c1-17(2,3)26-16(24)23-18(4,5)12-22-15(19-6)21-11-13-8-9-20-14(10-13)25-7;/h8-10H,11-12H2,1-7H3,(H,23,24)(H2,19,21,22);1H. The number of pyridine rings is 1. The smallest absolute Gasteiger partial charge is 0.408 e. The number of aliphatic imine (C=N–C) groups is 1. The normalized spacial score (nSPS) is 11.9. The van der Waals surface area contributed by atoms with Crippen LogP contribution < -0.4 is 20.7 Å². The number of halogens is 1. The molecular weight excluding hydrogens is 461 g/mol. The summed E-state index contributed by atoms with van der Waals surface area (Å²) >= 11 is 0. The van der Waals surface area contributed by atoms with E-state index in [4.69, 9.17) is 9.47 Å². The minimum atomic E-state index is -0.531. The molecule has 0 saturated carbocycles. The van der Waals surface area contributed by atoms with Gasteiger partial charge in [0.15, 0.2) is 5.96 Å². The molecule has 27 heavy (non-hydrogen) atoms. The molecule has 0 fully saturated rings. The highest BCUT2D eigenvalue weighted by Crippen LogP contribution is 2.09. The van der Waals surface area contributed by atoms with Crippen LogP contribution in [0.5, 0.6) is 5.88 Å². The van der Waals surface area contributed by atoms with Crippen molar-refractivity contribution in [2.24, 2.45) is 4.99 Å². The highest BCUT2D eigenvalue weighted by Gasteiger charge is 2.24. The molecule has 0 aliphatic carbocycles. The van der Waals surface area contributed by atoms with Gasteiger partial charge in [0.1, 0.15) is 5.60 Å². The maximum Gasteiger partial charge on any atom is 0.408 e. The first-order chi connectivity index (χ1) is 12.0. The highest BCUT2D eigenvalue weighted by molar-refractivity contribution is 14.0. The third-order valence-corrected chi connectivity index (χ3v) is 3.23. The molecule has 1 aromatic rings. The number of nitrogens with one attached hydrogen (secondary N) is 3. The molecule has 8 nitrogen and oxygen atoms in total. The number of carbonyl (C=O) groups excluding carboxylic acids is 1. The Bertz CT molecular complexity index is 630. The zero-order valence-corrected chi connectivity index (χ0v) is 19.5. The Morgan fingerprint density at radius 1 is 1.22 bits per heavy atom. The molecule has 1 amide bonds. The topological polar surface area (TPSA) is 96.9 Å². The SMILES string of the molecule is CN=C(NCc1ccnc(OC)c1)NCC(C)(C)NC(=O)OC(C)(C)C.I. The van der Waals surface area contributed by atoms with Crippen molar-refractivity contribution < 1.29 is 14.3 Å². The number of amides is 1. The monoisotopic (exact) mass is 493 g/mol. The number of hydrogen-bond donors (Lipinski definition) is 3. The fourth-order valence-corrected chi connectivity index (χ4v) is 2.01. The molecule has 1 rings (SSSR count). The average Bonchev–Trinajstić information content (AvgIpc) is 2.52. The molecule has 0 atom stereocenters. The largest absolute Gasteiger partial charge is 0.481 e. The fraction of sp³-hybridized carbons (Fsp3) is 0.611. The second-order valence-electron chi connectivity index (χ2n) is 7.50. The molecule has 154 valence electrons. The summed E-state index contributed by atoms with van der Waals surface area (Å²) in [5.74, 6) is 1.19. The predicted molar refractivity (Wildman–Crippen MR) is 118 cm³/mol. The second-order valence-corrected chi connectivity index (χ2v) is 7.50. The van der Waals surface area contributed by atoms with Crippen molar-refractivity contribution in [1.82, 2.24) is 20.9 Å². The van der Waals surface area contributed by atoms with Crippen LogP contribution in [0.4, 0.5) is 4.79 Å². The Labute approximate surface area is 178 Å². The van der Waals surface area contributed by atoms with Gasteiger partial charge in [-0.05, 0) is 46.2 Å². The zero-order chi connectivity index (χ0) is 19.8. The minimum Gasteiger partial charge on any atom is -0.481 e. The molecule has 3 N–H and O–H groups in total. The molecule has 1 aromatic heterocycles. The molecule has 0 bridgehead atoms. The molecule has 0 radical (unpaired) electrons. The maximum absolute atomic E-state index is 11.9. The van der Waals surface area contributed by atoms with Crippen molar-refractivity contribution in [2.75, 3.05) is 20.7 Å². The van der Waals surface area contributed by atoms with Gasteiger partial charge in [-0.3, -0.25) is 4.99 Å². The Kier molecular flexibility index (Phi) is 10.4. The molecule has 0 aliphatic heterocycles. The van der Waals surface area contributed by atoms with Crippen LogP contribution in [0.2, 0.25) is 0 Å². The number of guanidine groups is 1. The molecule has 0 aromatic carbocycles. The molecule has 0 unspecified atom stereocenters. The van der Waals surface area contributed by atoms with Crippen LogP contribution in [-0.2, 0) is 11.3 Å². The summed E-state index contributed by atoms with van der Waals surface area (Å²) < 4.78 is 10.4. The van der Waals surface area contributed by atoms with Crippen LogP contribution in [0, 0.1) is 0 Å². The van der Waals surface area contributed by atoms with Crippen LogP contribution in [0.15, 0.2) is 23.3 Å². The quantitative estimate of drug-likeness (QED) is 0.321. The molecule has 0 aliphatic rings. The predicted octanol–water partition coefficient (Wildman–Crippen LogP) is 2.68. The van der Waals surface area contributed by atoms with E-state index in [1.165, 1.54) is 0 Å². The van der Waals surface area contributed by atoms with Crippen molar-refractivity contribution in [3.05, 3.63) is 23.9 Å². The summed E-state index contributed by atoms with van der Waals surface area (Å²) in [4.78, 5) is 20.2. The van der Waals surface area contributed by atoms with E-state index in [9.17, 15) is 4.79 Å². The van der Waals surface area contributed by atoms with Gasteiger partial charge in [-0.1, -0.05) is 0 Å². The van der Waals surface area contributed by atoms with E-state index in [-0.39, 0.29) is 24.0 Å². The summed E-state index contributed by atoms with van der Waals surface area (Å²) in [6.45, 7) is 10.4. The first-order valence-corrected chi connectivity index (χ1v) is 8.49. The number of aromatic nitrogens is 1. The number of methoxy groups -OCH3 is 1. The summed E-state index contributed by atoms with van der Waals surface area (Å²) in [5, 5.41) is 9.26. The highest BCUT2D eigenvalue weighted by atomic mass is 127. The van der Waals surface area contributed by atoms with E-state index in [0.29, 0.717) is 24.9 Å². The second kappa shape index (κ2) is 11.2. The summed E-state index contributed by atoms with van der Waals surface area (Å²) in [6, 6.07) is 3.76. The Morgan fingerprint density at radius 3 is 2.44 bits per heavy atom. The summed E-state index contributed by atoms with van der Waals surface area (Å²) in [6.07, 6.45) is 1.25. The lowest BCUT2D eigenvalue weighted by Gasteiger charge is -2.29. The van der Waals surface area contributed by atoms with Crippen LogP contribution in [0.1, 0.15) is 40.2 Å². The van der Waals surface area contributed by atoms with Gasteiger partial charge >= 0.3 is 6.09 Å².